The molecule has 1 saturated heterocycles. The van der Waals surface area contributed by atoms with Gasteiger partial charge in [0.25, 0.3) is 0 Å². The first kappa shape index (κ1) is 14.1. The molecule has 1 heterocycles. The Bertz CT molecular complexity index is 392. The fourth-order valence-corrected chi connectivity index (χ4v) is 3.18. The van der Waals surface area contributed by atoms with Crippen LogP contribution in [0.1, 0.15) is 46.0 Å². The average molecular weight is 264 g/mol. The second kappa shape index (κ2) is 5.76. The van der Waals surface area contributed by atoms with E-state index in [-0.39, 0.29) is 11.8 Å². The number of nitrogens with one attached hydrogen (secondary N) is 1. The first-order valence-electron chi connectivity index (χ1n) is 7.33. The molecule has 1 N–H and O–H groups in total. The Kier molecular flexibility index (Phi) is 4.27. The Hall–Kier alpha value is -1.32. The van der Waals surface area contributed by atoms with Crippen molar-refractivity contribution in [3.63, 3.8) is 0 Å². The van der Waals surface area contributed by atoms with Gasteiger partial charge in [-0.2, -0.15) is 0 Å². The number of hydrogen-bond acceptors (Lipinski definition) is 2. The van der Waals surface area contributed by atoms with Gasteiger partial charge in [-0.05, 0) is 32.1 Å². The molecule has 0 saturated carbocycles. The Balaban J connectivity index is 2.08. The molecule has 0 aromatic rings. The molecule has 1 fully saturated rings. The van der Waals surface area contributed by atoms with Crippen LogP contribution < -0.4 is 5.32 Å². The Morgan fingerprint density at radius 2 is 2.37 bits per heavy atom. The fraction of sp³-hybridized carbons (Fsp3) is 0.733. The third-order valence-electron chi connectivity index (χ3n) is 4.29. The number of nitrogens with zero attached hydrogens (tertiary/aromatic N) is 1. The zero-order chi connectivity index (χ0) is 13.9. The third kappa shape index (κ3) is 2.82. The maximum atomic E-state index is 12.5. The quantitative estimate of drug-likeness (QED) is 0.788. The normalized spacial score (nSPS) is 30.5. The summed E-state index contributed by atoms with van der Waals surface area (Å²) in [6.07, 6.45) is 8.59. The summed E-state index contributed by atoms with van der Waals surface area (Å²) in [4.78, 5) is 26.4. The summed E-state index contributed by atoms with van der Waals surface area (Å²) in [5.41, 5.74) is -0.660. The Labute approximate surface area is 115 Å². The predicted octanol–water partition coefficient (Wildman–Crippen LogP) is 1.86. The van der Waals surface area contributed by atoms with Gasteiger partial charge in [-0.25, -0.2) is 0 Å². The zero-order valence-corrected chi connectivity index (χ0v) is 11.9. The van der Waals surface area contributed by atoms with Gasteiger partial charge in [0, 0.05) is 19.5 Å². The summed E-state index contributed by atoms with van der Waals surface area (Å²) in [6.45, 7) is 5.16. The van der Waals surface area contributed by atoms with Gasteiger partial charge in [0.2, 0.25) is 11.8 Å². The van der Waals surface area contributed by atoms with Crippen molar-refractivity contribution in [1.29, 1.82) is 0 Å². The van der Waals surface area contributed by atoms with Crippen molar-refractivity contribution in [2.75, 3.05) is 13.1 Å². The zero-order valence-electron chi connectivity index (χ0n) is 11.9. The van der Waals surface area contributed by atoms with Crippen LogP contribution in [0.4, 0.5) is 0 Å². The van der Waals surface area contributed by atoms with E-state index in [1.165, 1.54) is 0 Å². The van der Waals surface area contributed by atoms with Crippen LogP contribution in [0, 0.1) is 5.92 Å². The summed E-state index contributed by atoms with van der Waals surface area (Å²) in [7, 11) is 0. The molecule has 2 amide bonds. The standard InChI is InChI=1S/C15H24N2O2/c1-3-8-15(2)14(19)16-9-10-17(15)13(18)11-12-6-4-5-7-12/h4,6,12H,3,5,7-11H2,1-2H3,(H,16,19)/t12-,15-/m1/s1. The van der Waals surface area contributed by atoms with Gasteiger partial charge >= 0.3 is 0 Å². The maximum Gasteiger partial charge on any atom is 0.245 e. The van der Waals surface area contributed by atoms with Crippen LogP contribution in [-0.4, -0.2) is 35.3 Å². The minimum Gasteiger partial charge on any atom is -0.352 e. The van der Waals surface area contributed by atoms with Crippen LogP contribution in [0.3, 0.4) is 0 Å². The maximum absolute atomic E-state index is 12.5. The fourth-order valence-electron chi connectivity index (χ4n) is 3.18. The first-order valence-corrected chi connectivity index (χ1v) is 7.33. The molecule has 4 nitrogen and oxygen atoms in total. The molecule has 106 valence electrons. The number of hydrogen-bond donors (Lipinski definition) is 1. The molecule has 0 spiro atoms. The van der Waals surface area contributed by atoms with Crippen molar-refractivity contribution in [3.05, 3.63) is 12.2 Å². The summed E-state index contributed by atoms with van der Waals surface area (Å²) in [5.74, 6) is 0.488. The predicted molar refractivity (Wildman–Crippen MR) is 74.5 cm³/mol. The van der Waals surface area contributed by atoms with E-state index >= 15 is 0 Å². The second-order valence-electron chi connectivity index (χ2n) is 5.79. The minimum absolute atomic E-state index is 0.00378. The smallest absolute Gasteiger partial charge is 0.245 e. The van der Waals surface area contributed by atoms with Gasteiger partial charge in [-0.3, -0.25) is 9.59 Å². The number of rotatable bonds is 4. The van der Waals surface area contributed by atoms with E-state index in [9.17, 15) is 9.59 Å². The topological polar surface area (TPSA) is 49.4 Å². The summed E-state index contributed by atoms with van der Waals surface area (Å²) in [6, 6.07) is 0. The molecular weight excluding hydrogens is 240 g/mol. The summed E-state index contributed by atoms with van der Waals surface area (Å²) >= 11 is 0. The van der Waals surface area contributed by atoms with E-state index in [0.717, 1.165) is 25.7 Å². The molecule has 0 unspecified atom stereocenters. The highest BCUT2D eigenvalue weighted by Crippen LogP contribution is 2.28. The lowest BCUT2D eigenvalue weighted by Gasteiger charge is -2.44. The lowest BCUT2D eigenvalue weighted by atomic mass is 9.89. The van der Waals surface area contributed by atoms with Gasteiger partial charge in [-0.1, -0.05) is 25.5 Å². The van der Waals surface area contributed by atoms with Crippen LogP contribution in [0.25, 0.3) is 0 Å². The largest absolute Gasteiger partial charge is 0.352 e. The van der Waals surface area contributed by atoms with E-state index < -0.39 is 5.54 Å². The monoisotopic (exact) mass is 264 g/mol. The molecule has 2 rings (SSSR count). The Morgan fingerprint density at radius 1 is 1.58 bits per heavy atom. The van der Waals surface area contributed by atoms with Gasteiger partial charge < -0.3 is 10.2 Å². The average Bonchev–Trinajstić information content (AvgIpc) is 2.86. The van der Waals surface area contributed by atoms with Crippen molar-refractivity contribution >= 4 is 11.8 Å². The van der Waals surface area contributed by atoms with E-state index in [1.807, 2.05) is 11.8 Å². The molecule has 0 radical (unpaired) electrons. The molecule has 0 bridgehead atoms. The van der Waals surface area contributed by atoms with E-state index in [2.05, 4.69) is 24.4 Å². The van der Waals surface area contributed by atoms with Crippen molar-refractivity contribution in [3.8, 4) is 0 Å². The van der Waals surface area contributed by atoms with Crippen LogP contribution >= 0.6 is 0 Å². The number of piperazine rings is 1. The van der Waals surface area contributed by atoms with Gasteiger partial charge in [0.05, 0.1) is 0 Å². The van der Waals surface area contributed by atoms with Crippen LogP contribution in [0.15, 0.2) is 12.2 Å². The van der Waals surface area contributed by atoms with E-state index in [4.69, 9.17) is 0 Å². The van der Waals surface area contributed by atoms with Crippen LogP contribution in [0.2, 0.25) is 0 Å². The Morgan fingerprint density at radius 3 is 3.00 bits per heavy atom. The highest BCUT2D eigenvalue weighted by Gasteiger charge is 2.43. The van der Waals surface area contributed by atoms with Crippen molar-refractivity contribution in [2.24, 2.45) is 5.92 Å². The number of carbonyl (C=O) groups excluding carboxylic acids is 2. The summed E-state index contributed by atoms with van der Waals surface area (Å²) in [5, 5.41) is 2.89. The molecule has 2 atom stereocenters. The highest BCUT2D eigenvalue weighted by molar-refractivity contribution is 5.92. The first-order chi connectivity index (χ1) is 9.08. The lowest BCUT2D eigenvalue weighted by molar-refractivity contribution is -0.151. The van der Waals surface area contributed by atoms with Gasteiger partial charge in [-0.15, -0.1) is 0 Å². The SMILES string of the molecule is CCC[C@]1(C)C(=O)NCCN1C(=O)C[C@@H]1C=CCC1. The van der Waals surface area contributed by atoms with Crippen LogP contribution in [0.5, 0.6) is 0 Å². The highest BCUT2D eigenvalue weighted by atomic mass is 16.2. The molecule has 19 heavy (non-hydrogen) atoms. The number of allylic oxidation sites excluding steroid dienone is 2. The van der Waals surface area contributed by atoms with Gasteiger partial charge in [0.15, 0.2) is 0 Å². The molecule has 2 aliphatic rings. The number of amides is 2. The molecule has 0 aromatic heterocycles. The van der Waals surface area contributed by atoms with E-state index in [0.29, 0.717) is 25.4 Å². The molecule has 1 aliphatic heterocycles. The third-order valence-corrected chi connectivity index (χ3v) is 4.29. The molecule has 1 aliphatic carbocycles. The van der Waals surface area contributed by atoms with Crippen molar-refractivity contribution < 1.29 is 9.59 Å². The van der Waals surface area contributed by atoms with Crippen molar-refractivity contribution in [2.45, 2.75) is 51.5 Å². The van der Waals surface area contributed by atoms with E-state index in [1.54, 1.807) is 0 Å². The lowest BCUT2D eigenvalue weighted by Crippen LogP contribution is -2.65. The summed E-state index contributed by atoms with van der Waals surface area (Å²) < 4.78 is 0. The molecule has 4 heteroatoms. The van der Waals surface area contributed by atoms with Crippen LogP contribution in [-0.2, 0) is 9.59 Å². The van der Waals surface area contributed by atoms with Crippen molar-refractivity contribution in [1.82, 2.24) is 10.2 Å². The molecule has 0 aromatic carbocycles. The van der Waals surface area contributed by atoms with Gasteiger partial charge in [0.1, 0.15) is 5.54 Å². The number of carbonyl (C=O) groups is 2. The second-order valence-corrected chi connectivity index (χ2v) is 5.79. The minimum atomic E-state index is -0.660. The molecular formula is C15H24N2O2.